The topological polar surface area (TPSA) is 73.1 Å². The third-order valence-electron chi connectivity index (χ3n) is 2.64. The highest BCUT2D eigenvalue weighted by Crippen LogP contribution is 2.22. The third-order valence-corrected chi connectivity index (χ3v) is 4.78. The van der Waals surface area contributed by atoms with Crippen molar-refractivity contribution in [1.29, 1.82) is 0 Å². The highest BCUT2D eigenvalue weighted by Gasteiger charge is 2.26. The summed E-state index contributed by atoms with van der Waals surface area (Å²) in [5.74, 6) is 1.27. The summed E-state index contributed by atoms with van der Waals surface area (Å²) in [5.41, 5.74) is 0. The van der Waals surface area contributed by atoms with Crippen LogP contribution in [0.15, 0.2) is 4.42 Å². The summed E-state index contributed by atoms with van der Waals surface area (Å²) in [7, 11) is -3.19. The molecule has 1 atom stereocenters. The number of nitrogens with zero attached hydrogens (tertiary/aromatic N) is 2. The highest BCUT2D eigenvalue weighted by atomic mass is 32.2. The van der Waals surface area contributed by atoms with E-state index in [1.165, 1.54) is 0 Å². The molecule has 1 aromatic rings. The Hall–Kier alpha value is -0.910. The number of hydrogen-bond acceptors (Lipinski definition) is 5. The van der Waals surface area contributed by atoms with Gasteiger partial charge >= 0.3 is 0 Å². The van der Waals surface area contributed by atoms with Gasteiger partial charge in [-0.25, -0.2) is 8.42 Å². The van der Waals surface area contributed by atoms with Gasteiger partial charge in [-0.2, -0.15) is 0 Å². The normalized spacial score (nSPS) is 14.2. The van der Waals surface area contributed by atoms with Crippen LogP contribution in [-0.2, 0) is 9.84 Å². The smallest absolute Gasteiger partial charge is 0.234 e. The van der Waals surface area contributed by atoms with Crippen LogP contribution in [-0.4, -0.2) is 24.4 Å². The van der Waals surface area contributed by atoms with Crippen LogP contribution in [0.1, 0.15) is 50.6 Å². The van der Waals surface area contributed by atoms with Crippen LogP contribution < -0.4 is 0 Å². The Labute approximate surface area is 103 Å². The Kier molecular flexibility index (Phi) is 4.68. The lowest BCUT2D eigenvalue weighted by Gasteiger charge is -2.09. The summed E-state index contributed by atoms with van der Waals surface area (Å²) in [5, 5.41) is 6.70. The predicted molar refractivity (Wildman–Crippen MR) is 65.3 cm³/mol. The van der Waals surface area contributed by atoms with Gasteiger partial charge in [0.2, 0.25) is 11.8 Å². The van der Waals surface area contributed by atoms with Crippen molar-refractivity contribution >= 4 is 9.84 Å². The van der Waals surface area contributed by atoms with Crippen LogP contribution in [0.4, 0.5) is 0 Å². The molecular weight excluding hydrogens is 240 g/mol. The molecule has 0 amide bonds. The van der Waals surface area contributed by atoms with Crippen molar-refractivity contribution in [2.45, 2.75) is 45.8 Å². The van der Waals surface area contributed by atoms with Crippen molar-refractivity contribution in [1.82, 2.24) is 10.2 Å². The molecule has 1 aromatic heterocycles. The number of aryl methyl sites for hydroxylation is 1. The first-order valence-corrected chi connectivity index (χ1v) is 7.56. The fourth-order valence-corrected chi connectivity index (χ4v) is 2.82. The van der Waals surface area contributed by atoms with Crippen LogP contribution in [0, 0.1) is 12.8 Å². The minimum absolute atomic E-state index is 0.174. The third kappa shape index (κ3) is 4.11. The molecule has 0 bridgehead atoms. The standard InChI is InChI=1S/C11H20N2O3S/c1-8(2)6-5-7-17(14,15)9(3)11-13-12-10(4)16-11/h8-9H,5-7H2,1-4H3/t9-/m1/s1. The molecule has 0 aliphatic rings. The van der Waals surface area contributed by atoms with Gasteiger partial charge in [0.15, 0.2) is 9.84 Å². The maximum atomic E-state index is 12.0. The maximum absolute atomic E-state index is 12.0. The summed E-state index contributed by atoms with van der Waals surface area (Å²) in [6, 6.07) is 0. The lowest BCUT2D eigenvalue weighted by Crippen LogP contribution is -2.15. The fraction of sp³-hybridized carbons (Fsp3) is 0.818. The molecule has 1 heterocycles. The van der Waals surface area contributed by atoms with Crippen molar-refractivity contribution in [3.8, 4) is 0 Å². The van der Waals surface area contributed by atoms with E-state index in [0.29, 0.717) is 18.2 Å². The monoisotopic (exact) mass is 260 g/mol. The largest absolute Gasteiger partial charge is 0.424 e. The first-order chi connectivity index (χ1) is 7.83. The number of sulfone groups is 1. The summed E-state index contributed by atoms with van der Waals surface area (Å²) < 4.78 is 29.1. The summed E-state index contributed by atoms with van der Waals surface area (Å²) in [4.78, 5) is 0. The van der Waals surface area contributed by atoms with Gasteiger partial charge in [-0.05, 0) is 19.3 Å². The molecule has 0 aromatic carbocycles. The van der Waals surface area contributed by atoms with E-state index < -0.39 is 15.1 Å². The molecule has 1 rings (SSSR count). The number of hydrogen-bond donors (Lipinski definition) is 0. The van der Waals surface area contributed by atoms with Crippen LogP contribution in [0.2, 0.25) is 0 Å². The van der Waals surface area contributed by atoms with E-state index in [-0.39, 0.29) is 11.6 Å². The molecule has 5 nitrogen and oxygen atoms in total. The predicted octanol–water partition coefficient (Wildman–Crippen LogP) is 2.29. The molecule has 0 N–H and O–H groups in total. The zero-order chi connectivity index (χ0) is 13.1. The molecule has 0 radical (unpaired) electrons. The van der Waals surface area contributed by atoms with Gasteiger partial charge < -0.3 is 4.42 Å². The van der Waals surface area contributed by atoms with Gasteiger partial charge in [-0.1, -0.05) is 20.3 Å². The molecule has 0 spiro atoms. The Balaban J connectivity index is 2.64. The Morgan fingerprint density at radius 3 is 2.35 bits per heavy atom. The second kappa shape index (κ2) is 5.62. The van der Waals surface area contributed by atoms with Gasteiger partial charge in [-0.15, -0.1) is 10.2 Å². The lowest BCUT2D eigenvalue weighted by molar-refractivity contribution is 0.460. The minimum atomic E-state index is -3.19. The van der Waals surface area contributed by atoms with Crippen LogP contribution in [0.3, 0.4) is 0 Å². The fourth-order valence-electron chi connectivity index (χ4n) is 1.50. The van der Waals surface area contributed by atoms with Crippen molar-refractivity contribution in [2.75, 3.05) is 5.75 Å². The van der Waals surface area contributed by atoms with Crippen molar-refractivity contribution in [3.05, 3.63) is 11.8 Å². The molecule has 6 heteroatoms. The van der Waals surface area contributed by atoms with Crippen LogP contribution >= 0.6 is 0 Å². The van der Waals surface area contributed by atoms with E-state index in [1.807, 2.05) is 0 Å². The quantitative estimate of drug-likeness (QED) is 0.784. The van der Waals surface area contributed by atoms with Crippen molar-refractivity contribution in [3.63, 3.8) is 0 Å². The summed E-state index contributed by atoms with van der Waals surface area (Å²) in [6.45, 7) is 7.40. The number of aromatic nitrogens is 2. The Morgan fingerprint density at radius 1 is 1.24 bits per heavy atom. The molecule has 0 saturated heterocycles. The Bertz CT molecular complexity index is 451. The van der Waals surface area contributed by atoms with Gasteiger partial charge in [0.1, 0.15) is 5.25 Å². The van der Waals surface area contributed by atoms with Crippen LogP contribution in [0.25, 0.3) is 0 Å². The van der Waals surface area contributed by atoms with Crippen molar-refractivity contribution < 1.29 is 12.8 Å². The molecule has 0 fully saturated rings. The second-order valence-electron chi connectivity index (χ2n) is 4.70. The van der Waals surface area contributed by atoms with Gasteiger partial charge in [-0.3, -0.25) is 0 Å². The van der Waals surface area contributed by atoms with Gasteiger partial charge in [0, 0.05) is 6.92 Å². The molecule has 0 unspecified atom stereocenters. The Morgan fingerprint density at radius 2 is 1.88 bits per heavy atom. The highest BCUT2D eigenvalue weighted by molar-refractivity contribution is 7.91. The lowest BCUT2D eigenvalue weighted by atomic mass is 10.1. The zero-order valence-electron chi connectivity index (χ0n) is 10.8. The van der Waals surface area contributed by atoms with E-state index in [0.717, 1.165) is 6.42 Å². The van der Waals surface area contributed by atoms with E-state index in [4.69, 9.17) is 4.42 Å². The first-order valence-electron chi connectivity index (χ1n) is 5.84. The average molecular weight is 260 g/mol. The van der Waals surface area contributed by atoms with E-state index in [2.05, 4.69) is 24.0 Å². The molecule has 0 aliphatic carbocycles. The average Bonchev–Trinajstić information content (AvgIpc) is 2.62. The molecule has 0 saturated carbocycles. The second-order valence-corrected chi connectivity index (χ2v) is 7.15. The van der Waals surface area contributed by atoms with E-state index >= 15 is 0 Å². The van der Waals surface area contributed by atoms with Gasteiger partial charge in [0.25, 0.3) is 0 Å². The molecule has 17 heavy (non-hydrogen) atoms. The molecular formula is C11H20N2O3S. The van der Waals surface area contributed by atoms with E-state index in [9.17, 15) is 8.42 Å². The van der Waals surface area contributed by atoms with Gasteiger partial charge in [0.05, 0.1) is 5.75 Å². The first kappa shape index (κ1) is 14.2. The summed E-state index contributed by atoms with van der Waals surface area (Å²) >= 11 is 0. The molecule has 0 aliphatic heterocycles. The number of rotatable bonds is 6. The van der Waals surface area contributed by atoms with Crippen molar-refractivity contribution in [2.24, 2.45) is 5.92 Å². The SMILES string of the molecule is Cc1nnc([C@@H](C)S(=O)(=O)CCCC(C)C)o1. The maximum Gasteiger partial charge on any atom is 0.234 e. The van der Waals surface area contributed by atoms with Crippen LogP contribution in [0.5, 0.6) is 0 Å². The minimum Gasteiger partial charge on any atom is -0.424 e. The zero-order valence-corrected chi connectivity index (χ0v) is 11.6. The molecule has 98 valence electrons. The van der Waals surface area contributed by atoms with E-state index in [1.54, 1.807) is 13.8 Å². The summed E-state index contributed by atoms with van der Waals surface area (Å²) in [6.07, 6.45) is 1.59.